The molecule has 0 spiro atoms. The lowest BCUT2D eigenvalue weighted by molar-refractivity contribution is -0.113. The first-order valence-electron chi connectivity index (χ1n) is 7.10. The average molecular weight is 312 g/mol. The molecule has 2 aliphatic rings. The highest BCUT2D eigenvalue weighted by Gasteiger charge is 2.32. The van der Waals surface area contributed by atoms with Crippen LogP contribution in [0.3, 0.4) is 0 Å². The third-order valence-corrected chi connectivity index (χ3v) is 6.45. The molecule has 0 radical (unpaired) electrons. The Morgan fingerprint density at radius 1 is 1.55 bits per heavy atom. The van der Waals surface area contributed by atoms with Crippen LogP contribution < -0.4 is 10.6 Å². The molecule has 3 rings (SSSR count). The summed E-state index contributed by atoms with van der Waals surface area (Å²) >= 11 is 3.38. The minimum absolute atomic E-state index is 0.0867. The van der Waals surface area contributed by atoms with Crippen molar-refractivity contribution in [2.45, 2.75) is 42.5 Å². The number of carbonyl (C=O) groups excluding carboxylic acids is 1. The maximum Gasteiger partial charge on any atom is 0.234 e. The van der Waals surface area contributed by atoms with Gasteiger partial charge in [0.1, 0.15) is 0 Å². The Bertz CT molecular complexity index is 499. The van der Waals surface area contributed by atoms with Gasteiger partial charge in [0.15, 0.2) is 0 Å². The maximum atomic E-state index is 11.4. The largest absolute Gasteiger partial charge is 0.396 e. The molecule has 1 amide bonds. The molecule has 0 bridgehead atoms. The molecule has 0 saturated heterocycles. The topological polar surface area (TPSA) is 61.4 Å². The zero-order valence-corrected chi connectivity index (χ0v) is 13.1. The SMILES string of the molecule is CC(NC(CCO)C1CC1)c1cc2c(s1)SCC(=O)N2. The van der Waals surface area contributed by atoms with E-state index in [9.17, 15) is 9.90 Å². The first kappa shape index (κ1) is 14.4. The van der Waals surface area contributed by atoms with Crippen LogP contribution in [0.5, 0.6) is 0 Å². The van der Waals surface area contributed by atoms with Crippen molar-refractivity contribution in [2.24, 2.45) is 5.92 Å². The fourth-order valence-electron chi connectivity index (χ4n) is 2.61. The predicted octanol–water partition coefficient (Wildman–Crippen LogP) is 2.60. The molecule has 3 N–H and O–H groups in total. The monoisotopic (exact) mass is 312 g/mol. The van der Waals surface area contributed by atoms with Crippen LogP contribution in [0.4, 0.5) is 5.69 Å². The molecule has 1 aliphatic carbocycles. The fraction of sp³-hybridized carbons (Fsp3) is 0.643. The molecular weight excluding hydrogens is 292 g/mol. The first-order valence-corrected chi connectivity index (χ1v) is 8.91. The van der Waals surface area contributed by atoms with Crippen molar-refractivity contribution in [1.29, 1.82) is 0 Å². The van der Waals surface area contributed by atoms with Crippen LogP contribution in [0.25, 0.3) is 0 Å². The summed E-state index contributed by atoms with van der Waals surface area (Å²) < 4.78 is 1.21. The number of hydrogen-bond acceptors (Lipinski definition) is 5. The van der Waals surface area contributed by atoms with E-state index in [1.54, 1.807) is 23.1 Å². The third kappa shape index (κ3) is 3.19. The van der Waals surface area contributed by atoms with Crippen molar-refractivity contribution in [2.75, 3.05) is 17.7 Å². The van der Waals surface area contributed by atoms with Crippen molar-refractivity contribution in [3.05, 3.63) is 10.9 Å². The molecule has 4 nitrogen and oxygen atoms in total. The predicted molar refractivity (Wildman–Crippen MR) is 83.4 cm³/mol. The van der Waals surface area contributed by atoms with Crippen LogP contribution >= 0.6 is 23.1 Å². The van der Waals surface area contributed by atoms with E-state index in [-0.39, 0.29) is 18.6 Å². The van der Waals surface area contributed by atoms with Crippen LogP contribution in [-0.4, -0.2) is 29.4 Å². The van der Waals surface area contributed by atoms with E-state index in [0.29, 0.717) is 11.8 Å². The molecule has 1 aromatic rings. The highest BCUT2D eigenvalue weighted by atomic mass is 32.2. The molecule has 0 aromatic carbocycles. The van der Waals surface area contributed by atoms with Crippen molar-refractivity contribution >= 4 is 34.7 Å². The molecule has 1 aliphatic heterocycles. The van der Waals surface area contributed by atoms with Gasteiger partial charge in [0, 0.05) is 23.6 Å². The Morgan fingerprint density at radius 2 is 2.35 bits per heavy atom. The number of amides is 1. The van der Waals surface area contributed by atoms with Gasteiger partial charge in [0.25, 0.3) is 0 Å². The first-order chi connectivity index (χ1) is 9.67. The van der Waals surface area contributed by atoms with Crippen LogP contribution in [-0.2, 0) is 4.79 Å². The van der Waals surface area contributed by atoms with Gasteiger partial charge in [-0.2, -0.15) is 0 Å². The van der Waals surface area contributed by atoms with E-state index < -0.39 is 0 Å². The molecular formula is C14H20N2O2S2. The summed E-state index contributed by atoms with van der Waals surface area (Å²) in [6.45, 7) is 2.41. The summed E-state index contributed by atoms with van der Waals surface area (Å²) in [6, 6.07) is 2.77. The number of nitrogens with one attached hydrogen (secondary N) is 2. The molecule has 1 fully saturated rings. The fourth-order valence-corrected chi connectivity index (χ4v) is 4.77. The number of thioether (sulfide) groups is 1. The van der Waals surface area contributed by atoms with Crippen molar-refractivity contribution in [3.8, 4) is 0 Å². The lowest BCUT2D eigenvalue weighted by Crippen LogP contribution is -2.33. The number of hydrogen-bond donors (Lipinski definition) is 3. The number of anilines is 1. The quantitative estimate of drug-likeness (QED) is 0.755. The molecule has 20 heavy (non-hydrogen) atoms. The standard InChI is InChI=1S/C14H20N2O2S2/c1-8(15-10(4-5-17)9-2-3-9)12-6-11-14(20-12)19-7-13(18)16-11/h6,8-10,15,17H,2-5,7H2,1H3,(H,16,18). The molecule has 2 atom stereocenters. The van der Waals surface area contributed by atoms with Crippen LogP contribution in [0.2, 0.25) is 0 Å². The van der Waals surface area contributed by atoms with E-state index in [2.05, 4.69) is 23.6 Å². The van der Waals surface area contributed by atoms with Gasteiger partial charge in [-0.3, -0.25) is 4.79 Å². The Hall–Kier alpha value is -0.560. The number of aliphatic hydroxyl groups excluding tert-OH is 1. The summed E-state index contributed by atoms with van der Waals surface area (Å²) in [6.07, 6.45) is 3.38. The number of fused-ring (bicyclic) bond motifs is 1. The van der Waals surface area contributed by atoms with Gasteiger partial charge in [-0.15, -0.1) is 23.1 Å². The Balaban J connectivity index is 1.67. The smallest absolute Gasteiger partial charge is 0.234 e. The molecule has 2 heterocycles. The van der Waals surface area contributed by atoms with Crippen LogP contribution in [0, 0.1) is 5.92 Å². The Kier molecular flexibility index (Phi) is 4.35. The zero-order chi connectivity index (χ0) is 14.1. The third-order valence-electron chi connectivity index (χ3n) is 3.85. The van der Waals surface area contributed by atoms with E-state index in [1.807, 2.05) is 0 Å². The molecule has 1 saturated carbocycles. The second-order valence-corrected chi connectivity index (χ2v) is 7.86. The minimum atomic E-state index is 0.0867. The van der Waals surface area contributed by atoms with Gasteiger partial charge >= 0.3 is 0 Å². The lowest BCUT2D eigenvalue weighted by atomic mass is 10.1. The number of thiophene rings is 1. The number of aliphatic hydroxyl groups is 1. The zero-order valence-electron chi connectivity index (χ0n) is 11.5. The van der Waals surface area contributed by atoms with Crippen molar-refractivity contribution in [1.82, 2.24) is 5.32 Å². The summed E-state index contributed by atoms with van der Waals surface area (Å²) in [4.78, 5) is 12.7. The van der Waals surface area contributed by atoms with Gasteiger partial charge in [0.05, 0.1) is 15.6 Å². The van der Waals surface area contributed by atoms with Crippen molar-refractivity contribution in [3.63, 3.8) is 0 Å². The van der Waals surface area contributed by atoms with Crippen LogP contribution in [0.15, 0.2) is 10.3 Å². The Labute approximate surface area is 127 Å². The second-order valence-electron chi connectivity index (χ2n) is 5.53. The number of carbonyl (C=O) groups is 1. The van der Waals surface area contributed by atoms with Gasteiger partial charge < -0.3 is 15.7 Å². The number of rotatable bonds is 6. The van der Waals surface area contributed by atoms with Gasteiger partial charge in [-0.25, -0.2) is 0 Å². The molecule has 6 heteroatoms. The van der Waals surface area contributed by atoms with Gasteiger partial charge in [0.2, 0.25) is 5.91 Å². The minimum Gasteiger partial charge on any atom is -0.396 e. The van der Waals surface area contributed by atoms with E-state index >= 15 is 0 Å². The van der Waals surface area contributed by atoms with E-state index in [0.717, 1.165) is 18.0 Å². The normalized spacial score (nSPS) is 21.2. The summed E-state index contributed by atoms with van der Waals surface area (Å²) in [5.74, 6) is 1.33. The van der Waals surface area contributed by atoms with Crippen LogP contribution in [0.1, 0.15) is 37.1 Å². The highest BCUT2D eigenvalue weighted by molar-refractivity contribution is 8.02. The average Bonchev–Trinajstić information content (AvgIpc) is 3.17. The van der Waals surface area contributed by atoms with E-state index in [1.165, 1.54) is 21.9 Å². The summed E-state index contributed by atoms with van der Waals surface area (Å²) in [7, 11) is 0. The van der Waals surface area contributed by atoms with Crippen molar-refractivity contribution < 1.29 is 9.90 Å². The highest BCUT2D eigenvalue weighted by Crippen LogP contribution is 2.42. The molecule has 1 aromatic heterocycles. The van der Waals surface area contributed by atoms with Gasteiger partial charge in [-0.1, -0.05) is 0 Å². The molecule has 2 unspecified atom stereocenters. The van der Waals surface area contributed by atoms with Gasteiger partial charge in [-0.05, 0) is 38.2 Å². The molecule has 110 valence electrons. The lowest BCUT2D eigenvalue weighted by Gasteiger charge is -2.21. The Morgan fingerprint density at radius 3 is 3.05 bits per heavy atom. The summed E-state index contributed by atoms with van der Waals surface area (Å²) in [5, 5.41) is 15.7. The maximum absolute atomic E-state index is 11.4. The second kappa shape index (κ2) is 6.05. The summed E-state index contributed by atoms with van der Waals surface area (Å²) in [5.41, 5.74) is 0.963. The van der Waals surface area contributed by atoms with E-state index in [4.69, 9.17) is 0 Å².